The fraction of sp³-hybridized carbons (Fsp3) is 0.587. The van der Waals surface area contributed by atoms with Gasteiger partial charge in [-0.3, -0.25) is 14.4 Å². The molecular weight excluding hydrogens is 831 g/mol. The van der Waals surface area contributed by atoms with Gasteiger partial charge in [0.2, 0.25) is 24.1 Å². The zero-order chi connectivity index (χ0) is 47.1. The van der Waals surface area contributed by atoms with Crippen molar-refractivity contribution in [1.82, 2.24) is 19.9 Å². The van der Waals surface area contributed by atoms with Gasteiger partial charge in [0.05, 0.1) is 24.7 Å². The van der Waals surface area contributed by atoms with Crippen LogP contribution >= 0.6 is 0 Å². The number of aliphatic hydroxyl groups is 2. The number of allylic oxidation sites excluding steroid dienone is 3. The second-order valence-corrected chi connectivity index (χ2v) is 17.0. The van der Waals surface area contributed by atoms with Gasteiger partial charge in [0.25, 0.3) is 0 Å². The average molecular weight is 896 g/mol. The smallest absolute Gasteiger partial charge is 0.404 e. The first-order valence-electron chi connectivity index (χ1n) is 21.6. The molecule has 0 fully saturated rings. The summed E-state index contributed by atoms with van der Waals surface area (Å²) in [5, 5.41) is 22.9. The molecule has 0 radical (unpaired) electrons. The number of aliphatic hydroxyl groups excluding tert-OH is 2. The summed E-state index contributed by atoms with van der Waals surface area (Å²) in [6.45, 7) is 11.1. The molecule has 11 atom stereocenters. The molecule has 0 spiro atoms. The van der Waals surface area contributed by atoms with Crippen molar-refractivity contribution < 1.29 is 61.6 Å². The summed E-state index contributed by atoms with van der Waals surface area (Å²) in [5.41, 5.74) is 7.08. The lowest BCUT2D eigenvalue weighted by Gasteiger charge is -2.33. The average Bonchev–Trinajstić information content (AvgIpc) is 4.04. The highest BCUT2D eigenvalue weighted by Crippen LogP contribution is 2.34. The van der Waals surface area contributed by atoms with Gasteiger partial charge in [-0.05, 0) is 62.0 Å². The third-order valence-electron chi connectivity index (χ3n) is 11.7. The highest BCUT2D eigenvalue weighted by molar-refractivity contribution is 5.94. The Bertz CT molecular complexity index is 2050. The fourth-order valence-electron chi connectivity index (χ4n) is 7.73. The maximum absolute atomic E-state index is 13.8. The number of ketones is 1. The number of methoxy groups -OCH3 is 2. The summed E-state index contributed by atoms with van der Waals surface area (Å²) in [4.78, 5) is 64.8. The number of cyclic esters (lactones) is 1. The number of Topliss-reactive ketones (excluding diaryl/α,β-unsaturated/α-hetero) is 1. The molecule has 1 aliphatic heterocycles. The van der Waals surface area contributed by atoms with Crippen LogP contribution < -0.4 is 5.73 Å². The van der Waals surface area contributed by atoms with E-state index in [0.29, 0.717) is 35.5 Å². The summed E-state index contributed by atoms with van der Waals surface area (Å²) < 4.78 is 40.2. The molecule has 3 aromatic heterocycles. The van der Waals surface area contributed by atoms with Crippen molar-refractivity contribution in [3.63, 3.8) is 0 Å². The van der Waals surface area contributed by atoms with E-state index in [4.69, 9.17) is 37.9 Å². The number of esters is 1. The van der Waals surface area contributed by atoms with Crippen molar-refractivity contribution >= 4 is 30.3 Å². The Morgan fingerprint density at radius 1 is 0.984 bits per heavy atom. The molecule has 3 aromatic rings. The molecule has 0 aromatic carbocycles. The normalized spacial score (nSPS) is 26.2. The lowest BCUT2D eigenvalue weighted by Crippen LogP contribution is -2.39. The minimum absolute atomic E-state index is 0.0324. The van der Waals surface area contributed by atoms with E-state index in [1.165, 1.54) is 30.8 Å². The van der Waals surface area contributed by atoms with Crippen LogP contribution in [0.5, 0.6) is 0 Å². The molecule has 4 N–H and O–H groups in total. The van der Waals surface area contributed by atoms with E-state index in [1.54, 1.807) is 46.4 Å². The Morgan fingerprint density at radius 3 is 2.36 bits per heavy atom. The van der Waals surface area contributed by atoms with Crippen LogP contribution in [0, 0.1) is 29.6 Å². The Labute approximate surface area is 374 Å². The summed E-state index contributed by atoms with van der Waals surface area (Å²) in [7, 11) is 4.67. The molecule has 4 heterocycles. The highest BCUT2D eigenvalue weighted by atomic mass is 16.6. The Balaban J connectivity index is 1.58. The first-order chi connectivity index (χ1) is 30.4. The van der Waals surface area contributed by atoms with Crippen molar-refractivity contribution in [2.75, 3.05) is 21.3 Å². The number of amides is 2. The lowest BCUT2D eigenvalue weighted by molar-refractivity contribution is -0.159. The van der Waals surface area contributed by atoms with E-state index in [0.717, 1.165) is 0 Å². The lowest BCUT2D eigenvalue weighted by atomic mass is 9.86. The Kier molecular flexibility index (Phi) is 19.7. The number of fused-ring (bicyclic) bond motifs is 8. The largest absolute Gasteiger partial charge is 0.462 e. The van der Waals surface area contributed by atoms with E-state index >= 15 is 0 Å². The number of rotatable bonds is 14. The molecule has 6 bridgehead atoms. The minimum Gasteiger partial charge on any atom is -0.462 e. The van der Waals surface area contributed by atoms with Gasteiger partial charge in [-0.25, -0.2) is 19.7 Å². The van der Waals surface area contributed by atoms with Crippen LogP contribution in [-0.4, -0.2) is 106 Å². The van der Waals surface area contributed by atoms with Gasteiger partial charge in [0.15, 0.2) is 17.2 Å². The fourth-order valence-corrected chi connectivity index (χ4v) is 7.73. The second-order valence-electron chi connectivity index (χ2n) is 17.0. The van der Waals surface area contributed by atoms with Crippen molar-refractivity contribution in [2.24, 2.45) is 35.3 Å². The Morgan fingerprint density at radius 2 is 1.67 bits per heavy atom. The molecule has 1 aliphatic rings. The summed E-state index contributed by atoms with van der Waals surface area (Å²) in [6, 6.07) is 0. The van der Waals surface area contributed by atoms with Gasteiger partial charge < -0.3 is 53.0 Å². The van der Waals surface area contributed by atoms with Crippen molar-refractivity contribution in [1.29, 1.82) is 0 Å². The number of aromatic nitrogens is 3. The molecule has 0 unspecified atom stereocenters. The molecule has 0 aliphatic carbocycles. The predicted molar refractivity (Wildman–Crippen MR) is 233 cm³/mol. The zero-order valence-electron chi connectivity index (χ0n) is 38.2. The van der Waals surface area contributed by atoms with Gasteiger partial charge >= 0.3 is 12.1 Å². The minimum atomic E-state index is -1.07. The molecule has 352 valence electrons. The number of ether oxygens (including phenoxy) is 4. The van der Waals surface area contributed by atoms with E-state index in [9.17, 15) is 29.4 Å². The molecule has 64 heavy (non-hydrogen) atoms. The molecule has 4 rings (SSSR count). The molecule has 0 saturated heterocycles. The molecule has 18 heteroatoms. The SMILES string of the molecule is CO[C@@H](C[C@@H]1OC(=O)C[C@@H](OC(N)=O)C[C@H](C)C[C@H](O)[C@H](C)[C@@H](OC)c2coc(n2)-c2coc(n2)-c2coc(n2)/C=C/C[C@H](O)[C@H]1C)[C@@H](C)CCC(=O)/C(C)=C/[C@H](C)/C=C/N(C)C=O. The quantitative estimate of drug-likeness (QED) is 0.0850. The maximum atomic E-state index is 13.8. The van der Waals surface area contributed by atoms with Gasteiger partial charge in [-0.1, -0.05) is 52.8 Å². The van der Waals surface area contributed by atoms with Crippen molar-refractivity contribution in [3.05, 3.63) is 60.4 Å². The van der Waals surface area contributed by atoms with E-state index < -0.39 is 60.5 Å². The number of carbonyl (C=O) groups is 4. The first-order valence-corrected chi connectivity index (χ1v) is 21.6. The third kappa shape index (κ3) is 15.1. The van der Waals surface area contributed by atoms with Gasteiger partial charge in [-0.15, -0.1) is 0 Å². The topological polar surface area (TPSA) is 253 Å². The van der Waals surface area contributed by atoms with Crippen LogP contribution in [0.15, 0.2) is 62.0 Å². The molecule has 2 amide bonds. The summed E-state index contributed by atoms with van der Waals surface area (Å²) in [5.74, 6) is -1.81. The van der Waals surface area contributed by atoms with Gasteiger partial charge in [-0.2, -0.15) is 0 Å². The van der Waals surface area contributed by atoms with Crippen LogP contribution in [0.1, 0.15) is 104 Å². The molecule has 18 nitrogen and oxygen atoms in total. The van der Waals surface area contributed by atoms with E-state index in [2.05, 4.69) is 15.0 Å². The number of hydrogen-bond acceptors (Lipinski definition) is 16. The summed E-state index contributed by atoms with van der Waals surface area (Å²) in [6.07, 6.45) is 8.50. The third-order valence-corrected chi connectivity index (χ3v) is 11.7. The number of nitrogens with zero attached hydrogens (tertiary/aromatic N) is 4. The molecule has 0 saturated carbocycles. The monoisotopic (exact) mass is 895 g/mol. The van der Waals surface area contributed by atoms with Crippen LogP contribution in [0.25, 0.3) is 29.2 Å². The summed E-state index contributed by atoms with van der Waals surface area (Å²) >= 11 is 0. The molecular formula is C46H65N5O13. The number of nitrogens with two attached hydrogens (primary N) is 1. The van der Waals surface area contributed by atoms with Gasteiger partial charge in [0.1, 0.15) is 42.8 Å². The number of primary amides is 1. The maximum Gasteiger partial charge on any atom is 0.404 e. The Hall–Kier alpha value is -5.43. The second kappa shape index (κ2) is 24.6. The van der Waals surface area contributed by atoms with Crippen LogP contribution in [-0.2, 0) is 33.3 Å². The number of hydrogen-bond donors (Lipinski definition) is 3. The predicted octanol–water partition coefficient (Wildman–Crippen LogP) is 6.84. The van der Waals surface area contributed by atoms with E-state index in [1.807, 2.05) is 39.8 Å². The van der Waals surface area contributed by atoms with Crippen LogP contribution in [0.4, 0.5) is 4.79 Å². The van der Waals surface area contributed by atoms with E-state index in [-0.39, 0.29) is 79.7 Å². The van der Waals surface area contributed by atoms with Crippen LogP contribution in [0.3, 0.4) is 0 Å². The number of carbonyl (C=O) groups excluding carboxylic acids is 4. The van der Waals surface area contributed by atoms with Crippen LogP contribution in [0.2, 0.25) is 0 Å². The van der Waals surface area contributed by atoms with Gasteiger partial charge in [0, 0.05) is 52.1 Å². The van der Waals surface area contributed by atoms with Crippen molar-refractivity contribution in [2.45, 2.75) is 123 Å². The standard InChI is InChI=1S/C46H65N5O13/c1-26(15-16-51(7)25-52)17-29(4)36(53)14-13-28(3)39(58-8)21-40-30(5)37(54)11-10-12-41-48-34(23-60-41)44-50-35(24-62-44)45-49-33(22-61-45)43(59-9)31(6)38(55)19-27(2)18-32(63-46(47)57)20-42(56)64-40/h10,12,15-17,22-28,30-32,37-40,43,54-55H,11,13-14,18-21H2,1-9H3,(H2,47,57)/b12-10+,16-15+,29-17+/t26-,27+,28+,30-,31+,32+,37+,38+,39+,40+,43-/m1/s1. The highest BCUT2D eigenvalue weighted by Gasteiger charge is 2.35. The first kappa shape index (κ1) is 51.2. The van der Waals surface area contributed by atoms with Crippen molar-refractivity contribution in [3.8, 4) is 23.2 Å². The zero-order valence-corrected chi connectivity index (χ0v) is 38.2. The number of oxazole rings is 3.